The molecule has 3 rings (SSSR count). The lowest BCUT2D eigenvalue weighted by Gasteiger charge is -2.24. The highest BCUT2D eigenvalue weighted by molar-refractivity contribution is 7.89. The Labute approximate surface area is 130 Å². The Balaban J connectivity index is 1.99. The number of nitriles is 1. The third-order valence-electron chi connectivity index (χ3n) is 3.96. The summed E-state index contributed by atoms with van der Waals surface area (Å²) in [5.41, 5.74) is 1.37. The zero-order valence-electron chi connectivity index (χ0n) is 12.0. The molecule has 1 aliphatic rings. The van der Waals surface area contributed by atoms with E-state index in [1.165, 1.54) is 6.07 Å². The van der Waals surface area contributed by atoms with E-state index in [4.69, 9.17) is 5.26 Å². The van der Waals surface area contributed by atoms with E-state index in [-0.39, 0.29) is 10.9 Å². The number of sulfonamides is 1. The van der Waals surface area contributed by atoms with Gasteiger partial charge in [-0.1, -0.05) is 36.4 Å². The van der Waals surface area contributed by atoms with Gasteiger partial charge in [0.05, 0.1) is 22.6 Å². The molecule has 22 heavy (non-hydrogen) atoms. The first kappa shape index (κ1) is 14.8. The van der Waals surface area contributed by atoms with Gasteiger partial charge in [-0.15, -0.1) is 0 Å². The van der Waals surface area contributed by atoms with Crippen molar-refractivity contribution in [3.63, 3.8) is 0 Å². The van der Waals surface area contributed by atoms with Gasteiger partial charge in [0.25, 0.3) is 0 Å². The van der Waals surface area contributed by atoms with Crippen LogP contribution in [0.15, 0.2) is 59.5 Å². The molecule has 0 amide bonds. The second-order valence-corrected chi connectivity index (χ2v) is 7.21. The van der Waals surface area contributed by atoms with Crippen molar-refractivity contribution in [3.05, 3.63) is 65.7 Å². The lowest BCUT2D eigenvalue weighted by atomic mass is 10.1. The second-order valence-electron chi connectivity index (χ2n) is 5.32. The van der Waals surface area contributed by atoms with Gasteiger partial charge in [-0.2, -0.15) is 9.57 Å². The summed E-state index contributed by atoms with van der Waals surface area (Å²) in [5, 5.41) is 8.96. The lowest BCUT2D eigenvalue weighted by Crippen LogP contribution is -2.30. The lowest BCUT2D eigenvalue weighted by molar-refractivity contribution is 0.396. The highest BCUT2D eigenvalue weighted by Gasteiger charge is 2.36. The summed E-state index contributed by atoms with van der Waals surface area (Å²) in [7, 11) is -3.59. The summed E-state index contributed by atoms with van der Waals surface area (Å²) >= 11 is 0. The SMILES string of the molecule is N#Cc1cccc(S(=O)(=O)N2CCC[C@H]2c2ccccc2)c1. The average molecular weight is 312 g/mol. The fourth-order valence-electron chi connectivity index (χ4n) is 2.90. The van der Waals surface area contributed by atoms with Crippen LogP contribution in [0.2, 0.25) is 0 Å². The van der Waals surface area contributed by atoms with E-state index in [0.717, 1.165) is 18.4 Å². The normalized spacial score (nSPS) is 19.0. The molecule has 0 radical (unpaired) electrons. The maximum absolute atomic E-state index is 12.9. The van der Waals surface area contributed by atoms with Gasteiger partial charge in [0.1, 0.15) is 0 Å². The zero-order valence-corrected chi connectivity index (χ0v) is 12.8. The molecule has 1 saturated heterocycles. The van der Waals surface area contributed by atoms with Crippen LogP contribution in [0.4, 0.5) is 0 Å². The highest BCUT2D eigenvalue weighted by Crippen LogP contribution is 2.36. The summed E-state index contributed by atoms with van der Waals surface area (Å²) in [6.45, 7) is 0.513. The molecule has 1 fully saturated rings. The topological polar surface area (TPSA) is 61.2 Å². The molecule has 0 unspecified atom stereocenters. The maximum atomic E-state index is 12.9. The highest BCUT2D eigenvalue weighted by atomic mass is 32.2. The van der Waals surface area contributed by atoms with Crippen LogP contribution >= 0.6 is 0 Å². The molecule has 4 nitrogen and oxygen atoms in total. The van der Waals surface area contributed by atoms with Crippen LogP contribution in [0.3, 0.4) is 0 Å². The number of benzene rings is 2. The van der Waals surface area contributed by atoms with Gasteiger partial charge in [-0.3, -0.25) is 0 Å². The van der Waals surface area contributed by atoms with E-state index in [9.17, 15) is 8.42 Å². The summed E-state index contributed by atoms with van der Waals surface area (Å²) in [6, 6.07) is 17.8. The van der Waals surface area contributed by atoms with Gasteiger partial charge in [-0.05, 0) is 36.6 Å². The summed E-state index contributed by atoms with van der Waals surface area (Å²) in [4.78, 5) is 0.189. The van der Waals surface area contributed by atoms with Crippen molar-refractivity contribution in [2.45, 2.75) is 23.8 Å². The van der Waals surface area contributed by atoms with Crippen molar-refractivity contribution in [1.29, 1.82) is 5.26 Å². The second kappa shape index (κ2) is 5.91. The fraction of sp³-hybridized carbons (Fsp3) is 0.235. The molecular formula is C17H16N2O2S. The molecule has 0 saturated carbocycles. The predicted octanol–water partition coefficient (Wildman–Crippen LogP) is 3.08. The van der Waals surface area contributed by atoms with Crippen molar-refractivity contribution >= 4 is 10.0 Å². The predicted molar refractivity (Wildman–Crippen MR) is 83.5 cm³/mol. The number of nitrogens with zero attached hydrogens (tertiary/aromatic N) is 2. The minimum Gasteiger partial charge on any atom is -0.207 e. The monoisotopic (exact) mass is 312 g/mol. The van der Waals surface area contributed by atoms with Crippen LogP contribution in [0.25, 0.3) is 0 Å². The molecule has 112 valence electrons. The van der Waals surface area contributed by atoms with Crippen LogP contribution in [-0.4, -0.2) is 19.3 Å². The first-order chi connectivity index (χ1) is 10.6. The molecule has 0 aliphatic carbocycles. The third kappa shape index (κ3) is 2.63. The quantitative estimate of drug-likeness (QED) is 0.875. The standard InChI is InChI=1S/C17H16N2O2S/c18-13-14-6-4-9-16(12-14)22(20,21)19-11-5-10-17(19)15-7-2-1-3-8-15/h1-4,6-9,12,17H,5,10-11H2/t17-/m0/s1. The van der Waals surface area contributed by atoms with Gasteiger partial charge < -0.3 is 0 Å². The molecule has 5 heteroatoms. The Hall–Kier alpha value is -2.16. The first-order valence-electron chi connectivity index (χ1n) is 7.20. The van der Waals surface area contributed by atoms with E-state index < -0.39 is 10.0 Å². The summed E-state index contributed by atoms with van der Waals surface area (Å²) < 4.78 is 27.4. The minimum atomic E-state index is -3.59. The van der Waals surface area contributed by atoms with Gasteiger partial charge in [0.15, 0.2) is 0 Å². The average Bonchev–Trinajstić information content (AvgIpc) is 3.06. The van der Waals surface area contributed by atoms with Crippen LogP contribution < -0.4 is 0 Å². The Morgan fingerprint density at radius 3 is 2.59 bits per heavy atom. The Morgan fingerprint density at radius 1 is 1.09 bits per heavy atom. The molecule has 2 aromatic carbocycles. The number of hydrogen-bond acceptors (Lipinski definition) is 3. The molecule has 1 atom stereocenters. The first-order valence-corrected chi connectivity index (χ1v) is 8.64. The van der Waals surface area contributed by atoms with Gasteiger partial charge in [0.2, 0.25) is 10.0 Å². The smallest absolute Gasteiger partial charge is 0.207 e. The third-order valence-corrected chi connectivity index (χ3v) is 5.86. The van der Waals surface area contributed by atoms with Gasteiger partial charge in [0, 0.05) is 6.54 Å². The van der Waals surface area contributed by atoms with Gasteiger partial charge >= 0.3 is 0 Å². The Kier molecular flexibility index (Phi) is 3.97. The molecular weight excluding hydrogens is 296 g/mol. The van der Waals surface area contributed by atoms with Crippen molar-refractivity contribution in [3.8, 4) is 6.07 Å². The van der Waals surface area contributed by atoms with E-state index in [1.807, 2.05) is 36.4 Å². The molecule has 0 bridgehead atoms. The van der Waals surface area contributed by atoms with E-state index in [2.05, 4.69) is 0 Å². The van der Waals surface area contributed by atoms with Crippen molar-refractivity contribution in [2.75, 3.05) is 6.54 Å². The van der Waals surface area contributed by atoms with E-state index in [0.29, 0.717) is 12.1 Å². The molecule has 2 aromatic rings. The van der Waals surface area contributed by atoms with E-state index >= 15 is 0 Å². The largest absolute Gasteiger partial charge is 0.243 e. The van der Waals surface area contributed by atoms with Crippen LogP contribution in [0.5, 0.6) is 0 Å². The maximum Gasteiger partial charge on any atom is 0.243 e. The van der Waals surface area contributed by atoms with E-state index in [1.54, 1.807) is 22.5 Å². The van der Waals surface area contributed by atoms with Crippen LogP contribution in [0, 0.1) is 11.3 Å². The number of rotatable bonds is 3. The van der Waals surface area contributed by atoms with Crippen molar-refractivity contribution in [2.24, 2.45) is 0 Å². The van der Waals surface area contributed by atoms with Crippen molar-refractivity contribution < 1.29 is 8.42 Å². The fourth-order valence-corrected chi connectivity index (χ4v) is 4.63. The molecule has 0 N–H and O–H groups in total. The molecule has 1 heterocycles. The molecule has 0 spiro atoms. The molecule has 0 aromatic heterocycles. The Morgan fingerprint density at radius 2 is 1.86 bits per heavy atom. The summed E-state index contributed by atoms with van der Waals surface area (Å²) in [6.07, 6.45) is 1.66. The van der Waals surface area contributed by atoms with Gasteiger partial charge in [-0.25, -0.2) is 8.42 Å². The van der Waals surface area contributed by atoms with Crippen LogP contribution in [0.1, 0.15) is 30.0 Å². The molecule has 1 aliphatic heterocycles. The van der Waals surface area contributed by atoms with Crippen LogP contribution in [-0.2, 0) is 10.0 Å². The zero-order chi connectivity index (χ0) is 15.6. The summed E-state index contributed by atoms with van der Waals surface area (Å²) in [5.74, 6) is 0. The number of hydrogen-bond donors (Lipinski definition) is 0. The minimum absolute atomic E-state index is 0.128. The Bertz CT molecular complexity index is 810. The van der Waals surface area contributed by atoms with Crippen molar-refractivity contribution in [1.82, 2.24) is 4.31 Å².